The fraction of sp³-hybridized carbons (Fsp3) is 0.300. The number of fused-ring (bicyclic) bond motifs is 1. The third kappa shape index (κ3) is 5.89. The van der Waals surface area contributed by atoms with Crippen LogP contribution in [0.1, 0.15) is 43.4 Å². The first-order valence-electron chi connectivity index (χ1n) is 12.5. The number of Topliss-reactive ketones (excluding diaryl/α,β-unsaturated/α-hetero) is 1. The molecule has 0 aliphatic carbocycles. The van der Waals surface area contributed by atoms with Crippen LogP contribution in [0.2, 0.25) is 0 Å². The van der Waals surface area contributed by atoms with Crippen molar-refractivity contribution < 1.29 is 14.3 Å². The molecule has 3 atom stereocenters. The van der Waals surface area contributed by atoms with Gasteiger partial charge in [0, 0.05) is 23.9 Å². The average Bonchev–Trinajstić information content (AvgIpc) is 3.02. The van der Waals surface area contributed by atoms with Gasteiger partial charge in [-0.15, -0.1) is 0 Å². The molecule has 7 nitrogen and oxygen atoms in total. The number of ketones is 1. The van der Waals surface area contributed by atoms with Crippen LogP contribution in [0, 0.1) is 0 Å². The predicted octanol–water partition coefficient (Wildman–Crippen LogP) is 3.90. The molecule has 0 saturated heterocycles. The van der Waals surface area contributed by atoms with E-state index in [-0.39, 0.29) is 18.3 Å². The van der Waals surface area contributed by atoms with Crippen molar-refractivity contribution in [3.8, 4) is 5.75 Å². The Bertz CT molecular complexity index is 1270. The first kappa shape index (κ1) is 26.1. The number of nitrogens with two attached hydrogens (primary N) is 1. The van der Waals surface area contributed by atoms with E-state index >= 15 is 0 Å². The van der Waals surface area contributed by atoms with Crippen molar-refractivity contribution in [2.45, 2.75) is 44.9 Å². The van der Waals surface area contributed by atoms with Crippen LogP contribution in [0.4, 0.5) is 5.69 Å². The van der Waals surface area contributed by atoms with E-state index in [9.17, 15) is 9.59 Å². The van der Waals surface area contributed by atoms with Crippen molar-refractivity contribution in [1.82, 2.24) is 5.32 Å². The number of nitrogens with one attached hydrogen (secondary N) is 1. The number of benzene rings is 3. The number of hydrogen-bond donors (Lipinski definition) is 2. The van der Waals surface area contributed by atoms with E-state index < -0.39 is 18.2 Å². The minimum absolute atomic E-state index is 0.195. The van der Waals surface area contributed by atoms with Crippen molar-refractivity contribution in [3.05, 3.63) is 95.6 Å². The number of para-hydroxylation sites is 1. The Balaban J connectivity index is 1.50. The van der Waals surface area contributed by atoms with Crippen LogP contribution in [0.3, 0.4) is 0 Å². The summed E-state index contributed by atoms with van der Waals surface area (Å²) in [6.45, 7) is 5.69. The van der Waals surface area contributed by atoms with Crippen LogP contribution in [0.25, 0.3) is 0 Å². The summed E-state index contributed by atoms with van der Waals surface area (Å²) in [6, 6.07) is 23.5. The second-order valence-corrected chi connectivity index (χ2v) is 9.61. The fourth-order valence-electron chi connectivity index (χ4n) is 4.41. The first-order chi connectivity index (χ1) is 17.8. The van der Waals surface area contributed by atoms with Gasteiger partial charge in [-0.3, -0.25) is 14.6 Å². The predicted molar refractivity (Wildman–Crippen MR) is 147 cm³/mol. The van der Waals surface area contributed by atoms with Gasteiger partial charge in [-0.2, -0.15) is 0 Å². The summed E-state index contributed by atoms with van der Waals surface area (Å²) >= 11 is 0. The zero-order chi connectivity index (χ0) is 26.5. The van der Waals surface area contributed by atoms with Gasteiger partial charge >= 0.3 is 0 Å². The maximum absolute atomic E-state index is 13.6. The topological polar surface area (TPSA) is 97.0 Å². The minimum Gasteiger partial charge on any atom is -0.484 e. The second-order valence-electron chi connectivity index (χ2n) is 9.61. The second kappa shape index (κ2) is 11.4. The molecule has 0 aromatic heterocycles. The number of likely N-dealkylation sites (N-methyl/N-ethyl adjacent to an activating group) is 1. The summed E-state index contributed by atoms with van der Waals surface area (Å²) in [5.74, 6) is 0.354. The molecule has 0 fully saturated rings. The number of amides is 1. The number of carbonyl (C=O) groups excluding carboxylic acids is 2. The number of carbonyl (C=O) groups is 2. The molecule has 0 bridgehead atoms. The van der Waals surface area contributed by atoms with Crippen molar-refractivity contribution in [3.63, 3.8) is 0 Å². The number of ether oxygens (including phenoxy) is 1. The summed E-state index contributed by atoms with van der Waals surface area (Å²) in [5, 5.41) is 2.75. The smallest absolute Gasteiger partial charge is 0.258 e. The van der Waals surface area contributed by atoms with Crippen LogP contribution in [-0.4, -0.2) is 49.3 Å². The summed E-state index contributed by atoms with van der Waals surface area (Å²) in [5.41, 5.74) is 11.1. The van der Waals surface area contributed by atoms with Gasteiger partial charge in [0.2, 0.25) is 0 Å². The Kier molecular flexibility index (Phi) is 8.04. The summed E-state index contributed by atoms with van der Waals surface area (Å²) in [7, 11) is 1.86. The molecule has 1 aliphatic heterocycles. The van der Waals surface area contributed by atoms with Crippen molar-refractivity contribution in [1.29, 1.82) is 0 Å². The third-order valence-corrected chi connectivity index (χ3v) is 6.64. The van der Waals surface area contributed by atoms with E-state index in [2.05, 4.69) is 19.2 Å². The van der Waals surface area contributed by atoms with Crippen molar-refractivity contribution in [2.24, 2.45) is 10.7 Å². The number of benzodiazepines with no additional fused rings is 1. The molecule has 2 unspecified atom stereocenters. The first-order valence-corrected chi connectivity index (χ1v) is 12.5. The molecule has 0 saturated carbocycles. The highest BCUT2D eigenvalue weighted by atomic mass is 16.5. The molecule has 1 heterocycles. The Morgan fingerprint density at radius 2 is 1.62 bits per heavy atom. The number of aliphatic imine (C=N–C) groups is 1. The van der Waals surface area contributed by atoms with Crippen LogP contribution < -0.4 is 20.7 Å². The molecular formula is C30H34N4O3. The van der Waals surface area contributed by atoms with Gasteiger partial charge in [0.05, 0.1) is 11.8 Å². The van der Waals surface area contributed by atoms with Crippen LogP contribution in [0.15, 0.2) is 83.9 Å². The lowest BCUT2D eigenvalue weighted by atomic mass is 10.00. The highest BCUT2D eigenvalue weighted by Crippen LogP contribution is 2.29. The molecular weight excluding hydrogens is 464 g/mol. The summed E-state index contributed by atoms with van der Waals surface area (Å²) in [6.07, 6.45) is -0.704. The van der Waals surface area contributed by atoms with E-state index in [0.29, 0.717) is 17.4 Å². The van der Waals surface area contributed by atoms with Gasteiger partial charge in [0.25, 0.3) is 5.91 Å². The average molecular weight is 499 g/mol. The standard InChI is InChI=1S/C30H34N4O3/c1-19(2)21-14-16-23(17-15-21)37-18-26(35)32-20(3)29(36)28-30(31)34(4)25-13-9-8-12-24(25)27(33-28)22-10-6-5-7-11-22/h5-17,19-20,28,30H,18,31H2,1-4H3,(H,32,35)/t20?,28?,30-/m0/s1. The number of nitrogens with zero attached hydrogens (tertiary/aromatic N) is 2. The van der Waals surface area contributed by atoms with Gasteiger partial charge in [-0.1, -0.05) is 74.5 Å². The molecule has 1 aliphatic rings. The zero-order valence-electron chi connectivity index (χ0n) is 21.7. The molecule has 3 aromatic carbocycles. The largest absolute Gasteiger partial charge is 0.484 e. The monoisotopic (exact) mass is 498 g/mol. The number of anilines is 1. The zero-order valence-corrected chi connectivity index (χ0v) is 21.7. The Hall–Kier alpha value is -3.97. The summed E-state index contributed by atoms with van der Waals surface area (Å²) < 4.78 is 5.62. The Morgan fingerprint density at radius 1 is 0.973 bits per heavy atom. The van der Waals surface area contributed by atoms with Gasteiger partial charge in [-0.25, -0.2) is 0 Å². The van der Waals surface area contributed by atoms with Gasteiger partial charge in [0.1, 0.15) is 18.0 Å². The quantitative estimate of drug-likeness (QED) is 0.491. The Labute approximate surface area is 218 Å². The lowest BCUT2D eigenvalue weighted by Gasteiger charge is -2.30. The molecule has 4 rings (SSSR count). The minimum atomic E-state index is -0.882. The molecule has 0 radical (unpaired) electrons. The molecule has 7 heteroatoms. The Morgan fingerprint density at radius 3 is 2.30 bits per heavy atom. The van der Waals surface area contributed by atoms with E-state index in [1.54, 1.807) is 6.92 Å². The summed E-state index contributed by atoms with van der Waals surface area (Å²) in [4.78, 5) is 32.9. The van der Waals surface area contributed by atoms with Crippen LogP contribution in [-0.2, 0) is 9.59 Å². The molecule has 3 N–H and O–H groups in total. The van der Waals surface area contributed by atoms with Gasteiger partial charge in [0.15, 0.2) is 12.4 Å². The number of rotatable bonds is 8. The third-order valence-electron chi connectivity index (χ3n) is 6.64. The maximum Gasteiger partial charge on any atom is 0.258 e. The fourth-order valence-corrected chi connectivity index (χ4v) is 4.41. The highest BCUT2D eigenvalue weighted by Gasteiger charge is 2.36. The van der Waals surface area contributed by atoms with Gasteiger partial charge < -0.3 is 20.7 Å². The molecule has 1 amide bonds. The van der Waals surface area contributed by atoms with Crippen molar-refractivity contribution in [2.75, 3.05) is 18.6 Å². The normalized spacial score (nSPS) is 17.9. The van der Waals surface area contributed by atoms with Crippen molar-refractivity contribution >= 4 is 23.1 Å². The van der Waals surface area contributed by atoms with E-state index in [1.807, 2.05) is 90.8 Å². The lowest BCUT2D eigenvalue weighted by molar-refractivity contribution is -0.129. The highest BCUT2D eigenvalue weighted by molar-refractivity contribution is 6.17. The molecule has 3 aromatic rings. The van der Waals surface area contributed by atoms with Crippen LogP contribution in [0.5, 0.6) is 5.75 Å². The van der Waals surface area contributed by atoms with E-state index in [0.717, 1.165) is 16.8 Å². The van der Waals surface area contributed by atoms with E-state index in [1.165, 1.54) is 5.56 Å². The van der Waals surface area contributed by atoms with Gasteiger partial charge in [-0.05, 0) is 36.6 Å². The maximum atomic E-state index is 13.6. The molecule has 0 spiro atoms. The SMILES string of the molecule is CC(NC(=O)COc1ccc(C(C)C)cc1)C(=O)C1N=C(c2ccccc2)c2ccccc2N(C)[C@@H]1N. The van der Waals surface area contributed by atoms with Crippen LogP contribution >= 0.6 is 0 Å². The van der Waals surface area contributed by atoms with E-state index in [4.69, 9.17) is 15.5 Å². The molecule has 37 heavy (non-hydrogen) atoms. The lowest BCUT2D eigenvalue weighted by Crippen LogP contribution is -2.55. The number of hydrogen-bond acceptors (Lipinski definition) is 6. The molecule has 192 valence electrons.